The van der Waals surface area contributed by atoms with Crippen molar-refractivity contribution in [2.45, 2.75) is 6.92 Å². The van der Waals surface area contributed by atoms with Crippen LogP contribution in [0.3, 0.4) is 0 Å². The van der Waals surface area contributed by atoms with E-state index < -0.39 is 0 Å². The SMILES string of the molecule is CC(=O)/C=C/c1ccc2c(c1)n(C)c(=O)n2C. The summed E-state index contributed by atoms with van der Waals surface area (Å²) in [5, 5.41) is 0. The number of aryl methyl sites for hydroxylation is 2. The van der Waals surface area contributed by atoms with Gasteiger partial charge < -0.3 is 0 Å². The van der Waals surface area contributed by atoms with Crippen molar-refractivity contribution in [3.05, 3.63) is 40.3 Å². The Morgan fingerprint density at radius 2 is 1.82 bits per heavy atom. The monoisotopic (exact) mass is 230 g/mol. The highest BCUT2D eigenvalue weighted by atomic mass is 16.1. The van der Waals surface area contributed by atoms with Crippen LogP contribution in [0, 0.1) is 0 Å². The first-order valence-electron chi connectivity index (χ1n) is 5.35. The van der Waals surface area contributed by atoms with Gasteiger partial charge in [-0.2, -0.15) is 0 Å². The van der Waals surface area contributed by atoms with Crippen LogP contribution in [-0.4, -0.2) is 14.9 Å². The lowest BCUT2D eigenvalue weighted by atomic mass is 10.1. The van der Waals surface area contributed by atoms with Gasteiger partial charge in [-0.1, -0.05) is 12.1 Å². The number of imidazole rings is 1. The summed E-state index contributed by atoms with van der Waals surface area (Å²) in [5.74, 6) is 0.00653. The van der Waals surface area contributed by atoms with E-state index in [9.17, 15) is 9.59 Å². The molecule has 0 N–H and O–H groups in total. The normalized spacial score (nSPS) is 11.5. The van der Waals surface area contributed by atoms with Crippen LogP contribution in [0.5, 0.6) is 0 Å². The number of fused-ring (bicyclic) bond motifs is 1. The van der Waals surface area contributed by atoms with Crippen molar-refractivity contribution in [1.82, 2.24) is 9.13 Å². The summed E-state index contributed by atoms with van der Waals surface area (Å²) < 4.78 is 3.20. The Kier molecular flexibility index (Phi) is 2.71. The number of rotatable bonds is 2. The standard InChI is InChI=1S/C13H14N2O2/c1-9(16)4-5-10-6-7-11-12(8-10)15(3)13(17)14(11)2/h4-8H,1-3H3/b5-4+. The molecule has 0 saturated heterocycles. The molecule has 2 rings (SSSR count). The quantitative estimate of drug-likeness (QED) is 0.733. The molecule has 0 amide bonds. The van der Waals surface area contributed by atoms with E-state index in [1.54, 1.807) is 29.3 Å². The number of benzene rings is 1. The molecular weight excluding hydrogens is 216 g/mol. The Morgan fingerprint density at radius 1 is 1.18 bits per heavy atom. The molecule has 88 valence electrons. The Balaban J connectivity index is 2.62. The predicted molar refractivity (Wildman–Crippen MR) is 67.9 cm³/mol. The molecule has 17 heavy (non-hydrogen) atoms. The summed E-state index contributed by atoms with van der Waals surface area (Å²) >= 11 is 0. The van der Waals surface area contributed by atoms with Crippen LogP contribution < -0.4 is 5.69 Å². The zero-order chi connectivity index (χ0) is 12.6. The largest absolute Gasteiger partial charge is 0.328 e. The Hall–Kier alpha value is -2.10. The van der Waals surface area contributed by atoms with Crippen LogP contribution in [0.25, 0.3) is 17.1 Å². The van der Waals surface area contributed by atoms with Gasteiger partial charge in [0.05, 0.1) is 11.0 Å². The zero-order valence-electron chi connectivity index (χ0n) is 10.1. The highest BCUT2D eigenvalue weighted by Gasteiger charge is 2.06. The molecule has 2 aromatic rings. The minimum absolute atomic E-state index is 0.00653. The number of nitrogens with zero attached hydrogens (tertiary/aromatic N) is 2. The third kappa shape index (κ3) is 1.93. The third-order valence-corrected chi connectivity index (χ3v) is 2.81. The van der Waals surface area contributed by atoms with E-state index in [1.165, 1.54) is 13.0 Å². The number of hydrogen-bond donors (Lipinski definition) is 0. The van der Waals surface area contributed by atoms with Gasteiger partial charge in [-0.25, -0.2) is 4.79 Å². The number of ketones is 1. The van der Waals surface area contributed by atoms with Crippen LogP contribution in [0.4, 0.5) is 0 Å². The summed E-state index contributed by atoms with van der Waals surface area (Å²) in [6, 6.07) is 5.67. The second-order valence-corrected chi connectivity index (χ2v) is 4.09. The van der Waals surface area contributed by atoms with Gasteiger partial charge in [-0.15, -0.1) is 0 Å². The van der Waals surface area contributed by atoms with E-state index in [4.69, 9.17) is 0 Å². The van der Waals surface area contributed by atoms with Crippen LogP contribution in [0.1, 0.15) is 12.5 Å². The molecular formula is C13H14N2O2. The fourth-order valence-corrected chi connectivity index (χ4v) is 1.84. The molecule has 0 atom stereocenters. The molecule has 1 aromatic heterocycles. The van der Waals surface area contributed by atoms with Gasteiger partial charge >= 0.3 is 5.69 Å². The van der Waals surface area contributed by atoms with Crippen LogP contribution >= 0.6 is 0 Å². The Labute approximate surface area is 98.8 Å². The summed E-state index contributed by atoms with van der Waals surface area (Å²) in [7, 11) is 3.49. The average molecular weight is 230 g/mol. The number of aromatic nitrogens is 2. The number of carbonyl (C=O) groups is 1. The molecule has 0 radical (unpaired) electrons. The van der Waals surface area contributed by atoms with Gasteiger partial charge in [0.15, 0.2) is 5.78 Å². The number of hydrogen-bond acceptors (Lipinski definition) is 2. The van der Waals surface area contributed by atoms with Gasteiger partial charge in [-0.05, 0) is 30.7 Å². The molecule has 0 fully saturated rings. The maximum Gasteiger partial charge on any atom is 0.328 e. The summed E-state index contributed by atoms with van der Waals surface area (Å²) in [6.45, 7) is 1.51. The van der Waals surface area contributed by atoms with E-state index >= 15 is 0 Å². The van der Waals surface area contributed by atoms with E-state index in [1.807, 2.05) is 18.2 Å². The first-order chi connectivity index (χ1) is 8.00. The maximum atomic E-state index is 11.7. The third-order valence-electron chi connectivity index (χ3n) is 2.81. The summed E-state index contributed by atoms with van der Waals surface area (Å²) in [6.07, 6.45) is 3.27. The van der Waals surface area contributed by atoms with Gasteiger partial charge in [0, 0.05) is 14.1 Å². The molecule has 0 unspecified atom stereocenters. The fourth-order valence-electron chi connectivity index (χ4n) is 1.84. The lowest BCUT2D eigenvalue weighted by molar-refractivity contribution is -0.112. The minimum atomic E-state index is -0.0484. The van der Waals surface area contributed by atoms with Gasteiger partial charge in [0.1, 0.15) is 0 Å². The van der Waals surface area contributed by atoms with Crippen LogP contribution in [0.15, 0.2) is 29.1 Å². The maximum absolute atomic E-state index is 11.7. The molecule has 0 aliphatic heterocycles. The van der Waals surface area contributed by atoms with Crippen molar-refractivity contribution in [2.24, 2.45) is 14.1 Å². The first-order valence-corrected chi connectivity index (χ1v) is 5.35. The van der Waals surface area contributed by atoms with Crippen molar-refractivity contribution in [1.29, 1.82) is 0 Å². The zero-order valence-corrected chi connectivity index (χ0v) is 10.1. The van der Waals surface area contributed by atoms with Gasteiger partial charge in [-0.3, -0.25) is 13.9 Å². The van der Waals surface area contributed by atoms with Crippen molar-refractivity contribution >= 4 is 22.9 Å². The lowest BCUT2D eigenvalue weighted by Gasteiger charge is -1.97. The molecule has 0 bridgehead atoms. The molecule has 1 aromatic carbocycles. The highest BCUT2D eigenvalue weighted by molar-refractivity contribution is 5.92. The summed E-state index contributed by atoms with van der Waals surface area (Å²) in [5.41, 5.74) is 2.61. The fraction of sp³-hybridized carbons (Fsp3) is 0.231. The molecule has 0 saturated carbocycles. The van der Waals surface area contributed by atoms with E-state index in [-0.39, 0.29) is 11.5 Å². The van der Waals surface area contributed by atoms with Crippen molar-refractivity contribution in [3.63, 3.8) is 0 Å². The topological polar surface area (TPSA) is 44.0 Å². The lowest BCUT2D eigenvalue weighted by Crippen LogP contribution is -2.19. The number of allylic oxidation sites excluding steroid dienone is 1. The van der Waals surface area contributed by atoms with Gasteiger partial charge in [0.25, 0.3) is 0 Å². The number of carbonyl (C=O) groups excluding carboxylic acids is 1. The Morgan fingerprint density at radius 3 is 2.47 bits per heavy atom. The minimum Gasteiger partial charge on any atom is -0.295 e. The van der Waals surface area contributed by atoms with Crippen molar-refractivity contribution in [2.75, 3.05) is 0 Å². The molecule has 4 nitrogen and oxygen atoms in total. The average Bonchev–Trinajstić information content (AvgIpc) is 2.52. The van der Waals surface area contributed by atoms with E-state index in [0.717, 1.165) is 16.6 Å². The molecule has 0 aliphatic carbocycles. The molecule has 1 heterocycles. The molecule has 0 aliphatic rings. The van der Waals surface area contributed by atoms with Crippen molar-refractivity contribution < 1.29 is 4.79 Å². The van der Waals surface area contributed by atoms with Crippen LogP contribution in [0.2, 0.25) is 0 Å². The van der Waals surface area contributed by atoms with E-state index in [0.29, 0.717) is 0 Å². The molecule has 0 spiro atoms. The summed E-state index contributed by atoms with van der Waals surface area (Å²) in [4.78, 5) is 22.6. The first kappa shape index (κ1) is 11.4. The second kappa shape index (κ2) is 4.05. The van der Waals surface area contributed by atoms with Gasteiger partial charge in [0.2, 0.25) is 0 Å². The second-order valence-electron chi connectivity index (χ2n) is 4.09. The smallest absolute Gasteiger partial charge is 0.295 e. The van der Waals surface area contributed by atoms with E-state index in [2.05, 4.69) is 0 Å². The van der Waals surface area contributed by atoms with Crippen LogP contribution in [-0.2, 0) is 18.9 Å². The van der Waals surface area contributed by atoms with Crippen molar-refractivity contribution in [3.8, 4) is 0 Å². The molecule has 4 heteroatoms. The predicted octanol–water partition coefficient (Wildman–Crippen LogP) is 1.48. The Bertz CT molecular complexity index is 675. The highest BCUT2D eigenvalue weighted by Crippen LogP contribution is 2.14.